The van der Waals surface area contributed by atoms with Crippen LogP contribution >= 0.6 is 24.0 Å². The molecule has 0 heterocycles. The van der Waals surface area contributed by atoms with E-state index in [0.29, 0.717) is 0 Å². The van der Waals surface area contributed by atoms with Crippen molar-refractivity contribution >= 4 is 28.3 Å². The van der Waals surface area contributed by atoms with Crippen molar-refractivity contribution in [3.63, 3.8) is 0 Å². The van der Waals surface area contributed by atoms with Crippen molar-refractivity contribution in [2.24, 2.45) is 0 Å². The zero-order chi connectivity index (χ0) is 13.2. The molecule has 0 saturated carbocycles. The molecule has 18 heavy (non-hydrogen) atoms. The molecule has 3 heteroatoms. The SMILES string of the molecule is CCCCN(CCCC)C(=S)Sc1ccccc1. The minimum atomic E-state index is 1.02. The van der Waals surface area contributed by atoms with Gasteiger partial charge < -0.3 is 4.90 Å². The van der Waals surface area contributed by atoms with E-state index in [1.165, 1.54) is 30.6 Å². The number of thioether (sulfide) groups is 1. The van der Waals surface area contributed by atoms with Gasteiger partial charge in [-0.05, 0) is 25.0 Å². The molecule has 0 N–H and O–H groups in total. The van der Waals surface area contributed by atoms with Gasteiger partial charge in [-0.1, -0.05) is 68.9 Å². The average molecular weight is 281 g/mol. The molecule has 1 aromatic carbocycles. The lowest BCUT2D eigenvalue weighted by Gasteiger charge is -2.24. The maximum Gasteiger partial charge on any atom is 0.141 e. The Kier molecular flexibility index (Phi) is 8.10. The molecule has 0 aliphatic heterocycles. The first-order chi connectivity index (χ1) is 8.77. The largest absolute Gasteiger partial charge is 0.357 e. The molecule has 0 fully saturated rings. The first kappa shape index (κ1) is 15.5. The molecule has 0 atom stereocenters. The number of unbranched alkanes of at least 4 members (excludes halogenated alkanes) is 2. The summed E-state index contributed by atoms with van der Waals surface area (Å²) in [4.78, 5) is 3.60. The molecular formula is C15H23NS2. The minimum absolute atomic E-state index is 1.02. The molecule has 0 aliphatic rings. The monoisotopic (exact) mass is 281 g/mol. The fourth-order valence-corrected chi connectivity index (χ4v) is 2.92. The summed E-state index contributed by atoms with van der Waals surface area (Å²) in [5.41, 5.74) is 0. The van der Waals surface area contributed by atoms with Crippen LogP contribution in [0.4, 0.5) is 0 Å². The Hall–Kier alpha value is -0.540. The van der Waals surface area contributed by atoms with Crippen LogP contribution in [-0.4, -0.2) is 22.3 Å². The van der Waals surface area contributed by atoms with Crippen LogP contribution in [-0.2, 0) is 0 Å². The van der Waals surface area contributed by atoms with Crippen molar-refractivity contribution < 1.29 is 0 Å². The van der Waals surface area contributed by atoms with Crippen LogP contribution in [0.2, 0.25) is 0 Å². The van der Waals surface area contributed by atoms with E-state index in [-0.39, 0.29) is 0 Å². The first-order valence-corrected chi connectivity index (χ1v) is 8.02. The van der Waals surface area contributed by atoms with Gasteiger partial charge in [0.1, 0.15) is 4.32 Å². The van der Waals surface area contributed by atoms with Gasteiger partial charge in [0.15, 0.2) is 0 Å². The van der Waals surface area contributed by atoms with Crippen molar-refractivity contribution in [1.82, 2.24) is 4.90 Å². The molecule has 0 aromatic heterocycles. The first-order valence-electron chi connectivity index (χ1n) is 6.79. The lowest BCUT2D eigenvalue weighted by molar-refractivity contribution is 0.410. The van der Waals surface area contributed by atoms with Crippen molar-refractivity contribution in [1.29, 1.82) is 0 Å². The van der Waals surface area contributed by atoms with Crippen LogP contribution in [0.3, 0.4) is 0 Å². The van der Waals surface area contributed by atoms with Crippen molar-refractivity contribution in [3.8, 4) is 0 Å². The van der Waals surface area contributed by atoms with Gasteiger partial charge in [-0.2, -0.15) is 0 Å². The molecule has 0 saturated heterocycles. The van der Waals surface area contributed by atoms with Gasteiger partial charge in [0.05, 0.1) is 0 Å². The van der Waals surface area contributed by atoms with Crippen LogP contribution in [0, 0.1) is 0 Å². The molecule has 1 aromatic rings. The molecule has 100 valence electrons. The Morgan fingerprint density at radius 2 is 1.61 bits per heavy atom. The van der Waals surface area contributed by atoms with Crippen LogP contribution in [0.25, 0.3) is 0 Å². The summed E-state index contributed by atoms with van der Waals surface area (Å²) in [6, 6.07) is 10.4. The van der Waals surface area contributed by atoms with Gasteiger partial charge in [0, 0.05) is 18.0 Å². The normalized spacial score (nSPS) is 10.3. The predicted octanol–water partition coefficient (Wildman–Crippen LogP) is 4.97. The average Bonchev–Trinajstić information content (AvgIpc) is 2.40. The molecular weight excluding hydrogens is 258 g/mol. The summed E-state index contributed by atoms with van der Waals surface area (Å²) in [6.45, 7) is 6.64. The van der Waals surface area contributed by atoms with Crippen LogP contribution in [0.1, 0.15) is 39.5 Å². The quantitative estimate of drug-likeness (QED) is 0.513. The molecule has 0 unspecified atom stereocenters. The fourth-order valence-electron chi connectivity index (χ4n) is 1.65. The number of benzene rings is 1. The second-order valence-corrected chi connectivity index (χ2v) is 6.08. The van der Waals surface area contributed by atoms with E-state index in [1.54, 1.807) is 11.8 Å². The number of nitrogens with zero attached hydrogens (tertiary/aromatic N) is 1. The highest BCUT2D eigenvalue weighted by Gasteiger charge is 2.09. The summed E-state index contributed by atoms with van der Waals surface area (Å²) < 4.78 is 1.02. The molecule has 1 rings (SSSR count). The van der Waals surface area contributed by atoms with E-state index < -0.39 is 0 Å². The molecule has 0 bridgehead atoms. The van der Waals surface area contributed by atoms with Gasteiger partial charge in [0.2, 0.25) is 0 Å². The molecule has 0 radical (unpaired) electrons. The maximum absolute atomic E-state index is 5.57. The zero-order valence-corrected chi connectivity index (χ0v) is 13.0. The second kappa shape index (κ2) is 9.40. The third kappa shape index (κ3) is 5.87. The standard InChI is InChI=1S/C15H23NS2/c1-3-5-12-16(13-6-4-2)15(17)18-14-10-8-7-9-11-14/h7-11H,3-6,12-13H2,1-2H3. The van der Waals surface area contributed by atoms with Crippen molar-refractivity contribution in [3.05, 3.63) is 30.3 Å². The zero-order valence-electron chi connectivity index (χ0n) is 11.4. The van der Waals surface area contributed by atoms with E-state index in [4.69, 9.17) is 12.2 Å². The number of thiocarbonyl (C=S) groups is 1. The Morgan fingerprint density at radius 1 is 1.06 bits per heavy atom. The summed E-state index contributed by atoms with van der Waals surface area (Å²) >= 11 is 7.28. The lowest BCUT2D eigenvalue weighted by Crippen LogP contribution is -2.29. The highest BCUT2D eigenvalue weighted by molar-refractivity contribution is 8.22. The third-order valence-electron chi connectivity index (χ3n) is 2.77. The number of hydrogen-bond donors (Lipinski definition) is 0. The fraction of sp³-hybridized carbons (Fsp3) is 0.533. The van der Waals surface area contributed by atoms with E-state index in [0.717, 1.165) is 17.4 Å². The Bertz CT molecular complexity index is 330. The van der Waals surface area contributed by atoms with E-state index in [1.807, 2.05) is 6.07 Å². The van der Waals surface area contributed by atoms with Crippen LogP contribution in [0.5, 0.6) is 0 Å². The Balaban J connectivity index is 2.52. The lowest BCUT2D eigenvalue weighted by atomic mass is 10.3. The van der Waals surface area contributed by atoms with E-state index >= 15 is 0 Å². The highest BCUT2D eigenvalue weighted by Crippen LogP contribution is 2.21. The third-order valence-corrected chi connectivity index (χ3v) is 4.22. The van der Waals surface area contributed by atoms with Gasteiger partial charge >= 0.3 is 0 Å². The number of hydrogen-bond acceptors (Lipinski definition) is 2. The molecule has 1 nitrogen and oxygen atoms in total. The summed E-state index contributed by atoms with van der Waals surface area (Å²) in [5, 5.41) is 0. The summed E-state index contributed by atoms with van der Waals surface area (Å²) in [5.74, 6) is 0. The van der Waals surface area contributed by atoms with E-state index in [9.17, 15) is 0 Å². The second-order valence-electron chi connectivity index (χ2n) is 4.38. The van der Waals surface area contributed by atoms with Gasteiger partial charge in [-0.25, -0.2) is 0 Å². The predicted molar refractivity (Wildman–Crippen MR) is 86.3 cm³/mol. The van der Waals surface area contributed by atoms with Crippen molar-refractivity contribution in [2.45, 2.75) is 44.4 Å². The van der Waals surface area contributed by atoms with Crippen molar-refractivity contribution in [2.75, 3.05) is 13.1 Å². The number of rotatable bonds is 7. The summed E-state index contributed by atoms with van der Waals surface area (Å²) in [7, 11) is 0. The molecule has 0 aliphatic carbocycles. The van der Waals surface area contributed by atoms with E-state index in [2.05, 4.69) is 43.0 Å². The maximum atomic E-state index is 5.57. The Labute approximate surface area is 121 Å². The van der Waals surface area contributed by atoms with Crippen LogP contribution < -0.4 is 0 Å². The highest BCUT2D eigenvalue weighted by atomic mass is 32.2. The smallest absolute Gasteiger partial charge is 0.141 e. The topological polar surface area (TPSA) is 3.24 Å². The minimum Gasteiger partial charge on any atom is -0.357 e. The molecule has 0 amide bonds. The van der Waals surface area contributed by atoms with Crippen LogP contribution in [0.15, 0.2) is 35.2 Å². The Morgan fingerprint density at radius 3 is 2.11 bits per heavy atom. The summed E-state index contributed by atoms with van der Waals surface area (Å²) in [6.07, 6.45) is 4.89. The van der Waals surface area contributed by atoms with Gasteiger partial charge in [-0.15, -0.1) is 0 Å². The van der Waals surface area contributed by atoms with Gasteiger partial charge in [-0.3, -0.25) is 0 Å². The molecule has 0 spiro atoms. The van der Waals surface area contributed by atoms with Gasteiger partial charge in [0.25, 0.3) is 0 Å².